The van der Waals surface area contributed by atoms with Crippen LogP contribution in [0.2, 0.25) is 0 Å². The van der Waals surface area contributed by atoms with Crippen molar-refractivity contribution in [1.29, 1.82) is 0 Å². The summed E-state index contributed by atoms with van der Waals surface area (Å²) in [6, 6.07) is 0. The second-order valence-electron chi connectivity index (χ2n) is 4.03. The molecule has 1 aliphatic rings. The molecule has 0 spiro atoms. The summed E-state index contributed by atoms with van der Waals surface area (Å²) in [4.78, 5) is 10.7. The third kappa shape index (κ3) is 3.74. The average Bonchev–Trinajstić information content (AvgIpc) is 2.26. The van der Waals surface area contributed by atoms with Crippen LogP contribution in [0.3, 0.4) is 0 Å². The van der Waals surface area contributed by atoms with Gasteiger partial charge in [0.25, 0.3) is 0 Å². The fourth-order valence-corrected chi connectivity index (χ4v) is 1.67. The van der Waals surface area contributed by atoms with Crippen molar-refractivity contribution in [2.45, 2.75) is 32.6 Å². The van der Waals surface area contributed by atoms with Crippen LogP contribution in [0, 0.1) is 5.92 Å². The van der Waals surface area contributed by atoms with Crippen LogP contribution in [0.4, 0.5) is 0 Å². The Hall–Kier alpha value is -1.31. The Bertz CT molecular complexity index is 310. The van der Waals surface area contributed by atoms with Crippen molar-refractivity contribution in [3.63, 3.8) is 0 Å². The summed E-state index contributed by atoms with van der Waals surface area (Å²) < 4.78 is 0. The van der Waals surface area contributed by atoms with Gasteiger partial charge in [-0.15, -0.1) is 0 Å². The number of allylic oxidation sites excluding steroid dienone is 5. The maximum atomic E-state index is 10.7. The molecule has 1 unspecified atom stereocenters. The van der Waals surface area contributed by atoms with E-state index in [1.807, 2.05) is 13.0 Å². The van der Waals surface area contributed by atoms with Gasteiger partial charge in [-0.25, -0.2) is 0 Å². The normalized spacial score (nSPS) is 22.1. The lowest BCUT2D eigenvalue weighted by Crippen LogP contribution is -2.15. The minimum absolute atomic E-state index is 0.168. The average molecular weight is 206 g/mol. The quantitative estimate of drug-likeness (QED) is 0.566. The van der Waals surface area contributed by atoms with E-state index in [-0.39, 0.29) is 5.92 Å². The Balaban J connectivity index is 2.47. The van der Waals surface area contributed by atoms with E-state index >= 15 is 0 Å². The molecule has 0 bridgehead atoms. The maximum absolute atomic E-state index is 10.7. The molecule has 2 nitrogen and oxygen atoms in total. The molecule has 1 aliphatic carbocycles. The summed E-state index contributed by atoms with van der Waals surface area (Å²) in [5.74, 6) is -0.832. The third-order valence-electron chi connectivity index (χ3n) is 2.86. The minimum Gasteiger partial charge on any atom is -0.481 e. The number of carboxylic acids is 1. The first-order chi connectivity index (χ1) is 7.13. The van der Waals surface area contributed by atoms with Gasteiger partial charge >= 0.3 is 5.97 Å². The van der Waals surface area contributed by atoms with Crippen LogP contribution in [0.1, 0.15) is 32.6 Å². The smallest absolute Gasteiger partial charge is 0.306 e. The van der Waals surface area contributed by atoms with Crippen molar-refractivity contribution in [2.75, 3.05) is 0 Å². The Morgan fingerprint density at radius 2 is 2.47 bits per heavy atom. The second kappa shape index (κ2) is 5.54. The molecule has 2 heteroatoms. The van der Waals surface area contributed by atoms with Gasteiger partial charge < -0.3 is 5.11 Å². The molecule has 0 fully saturated rings. The van der Waals surface area contributed by atoms with Crippen LogP contribution in [-0.2, 0) is 4.79 Å². The molecule has 0 saturated heterocycles. The number of hydrogen-bond donors (Lipinski definition) is 1. The number of aliphatic carboxylic acids is 1. The van der Waals surface area contributed by atoms with Crippen molar-refractivity contribution in [3.05, 3.63) is 36.0 Å². The molecular formula is C13H18O2. The number of hydrogen-bond acceptors (Lipinski definition) is 1. The Morgan fingerprint density at radius 3 is 2.93 bits per heavy atom. The topological polar surface area (TPSA) is 37.3 Å². The zero-order valence-corrected chi connectivity index (χ0v) is 9.20. The summed E-state index contributed by atoms with van der Waals surface area (Å²) in [6.07, 6.45) is 9.37. The van der Waals surface area contributed by atoms with Crippen LogP contribution in [0.25, 0.3) is 0 Å². The van der Waals surface area contributed by atoms with Crippen LogP contribution in [0.5, 0.6) is 0 Å². The Kier molecular flexibility index (Phi) is 4.35. The van der Waals surface area contributed by atoms with Gasteiger partial charge in [0.1, 0.15) is 0 Å². The highest BCUT2D eigenvalue weighted by Gasteiger charge is 2.19. The first-order valence-electron chi connectivity index (χ1n) is 5.33. The van der Waals surface area contributed by atoms with E-state index in [0.717, 1.165) is 19.3 Å². The van der Waals surface area contributed by atoms with Crippen molar-refractivity contribution < 1.29 is 9.90 Å². The molecule has 82 valence electrons. The van der Waals surface area contributed by atoms with Crippen molar-refractivity contribution in [3.8, 4) is 0 Å². The van der Waals surface area contributed by atoms with Gasteiger partial charge in [0, 0.05) is 0 Å². The van der Waals surface area contributed by atoms with Gasteiger partial charge in [0.15, 0.2) is 0 Å². The molecule has 0 radical (unpaired) electrons. The molecule has 15 heavy (non-hydrogen) atoms. The van der Waals surface area contributed by atoms with Gasteiger partial charge in [-0.05, 0) is 32.6 Å². The number of rotatable bonds is 4. The lowest BCUT2D eigenvalue weighted by Gasteiger charge is -2.17. The lowest BCUT2D eigenvalue weighted by molar-refractivity contribution is -0.141. The van der Waals surface area contributed by atoms with Crippen LogP contribution < -0.4 is 0 Å². The molecule has 0 aromatic rings. The summed E-state index contributed by atoms with van der Waals surface area (Å²) >= 11 is 0. The number of carboxylic acid groups (broad SMARTS) is 1. The zero-order valence-electron chi connectivity index (χ0n) is 9.20. The SMILES string of the molecule is C=C/C(C)=C/CC1=CCC(C(=O)O)CC1. The van der Waals surface area contributed by atoms with E-state index in [2.05, 4.69) is 18.7 Å². The van der Waals surface area contributed by atoms with Gasteiger partial charge in [0.05, 0.1) is 5.92 Å². The van der Waals surface area contributed by atoms with E-state index < -0.39 is 5.97 Å². The van der Waals surface area contributed by atoms with Crippen molar-refractivity contribution >= 4 is 5.97 Å². The zero-order chi connectivity index (χ0) is 11.3. The largest absolute Gasteiger partial charge is 0.481 e. The van der Waals surface area contributed by atoms with Crippen LogP contribution >= 0.6 is 0 Å². The standard InChI is InChI=1S/C13H18O2/c1-3-10(2)4-5-11-6-8-12(9-7-11)13(14)15/h3-4,6,12H,1,5,7-9H2,2H3,(H,14,15)/b10-4+. The monoisotopic (exact) mass is 206 g/mol. The van der Waals surface area contributed by atoms with Gasteiger partial charge in [-0.2, -0.15) is 0 Å². The predicted octanol–water partition coefficient (Wildman–Crippen LogP) is 3.32. The molecule has 1 rings (SSSR count). The fraction of sp³-hybridized carbons (Fsp3) is 0.462. The van der Waals surface area contributed by atoms with Crippen molar-refractivity contribution in [1.82, 2.24) is 0 Å². The molecule has 0 saturated carbocycles. The van der Waals surface area contributed by atoms with Gasteiger partial charge in [-0.3, -0.25) is 4.79 Å². The van der Waals surface area contributed by atoms with Crippen LogP contribution in [-0.4, -0.2) is 11.1 Å². The predicted molar refractivity (Wildman–Crippen MR) is 61.6 cm³/mol. The summed E-state index contributed by atoms with van der Waals surface area (Å²) in [6.45, 7) is 5.72. The van der Waals surface area contributed by atoms with E-state index in [9.17, 15) is 4.79 Å². The highest BCUT2D eigenvalue weighted by atomic mass is 16.4. The third-order valence-corrected chi connectivity index (χ3v) is 2.86. The summed E-state index contributed by atoms with van der Waals surface area (Å²) in [7, 11) is 0. The molecule has 1 N–H and O–H groups in total. The Labute approximate surface area is 91.0 Å². The van der Waals surface area contributed by atoms with E-state index in [1.54, 1.807) is 0 Å². The molecule has 0 heterocycles. The molecule has 1 atom stereocenters. The minimum atomic E-state index is -0.664. The molecule has 0 aromatic carbocycles. The first kappa shape index (κ1) is 11.8. The molecule has 0 aromatic heterocycles. The fourth-order valence-electron chi connectivity index (χ4n) is 1.67. The van der Waals surface area contributed by atoms with E-state index in [0.29, 0.717) is 6.42 Å². The van der Waals surface area contributed by atoms with Crippen LogP contribution in [0.15, 0.2) is 36.0 Å². The Morgan fingerprint density at radius 1 is 1.73 bits per heavy atom. The highest BCUT2D eigenvalue weighted by molar-refractivity contribution is 5.70. The van der Waals surface area contributed by atoms with E-state index in [1.165, 1.54) is 11.1 Å². The highest BCUT2D eigenvalue weighted by Crippen LogP contribution is 2.26. The lowest BCUT2D eigenvalue weighted by atomic mass is 9.88. The number of carbonyl (C=O) groups is 1. The molecule has 0 amide bonds. The summed E-state index contributed by atoms with van der Waals surface area (Å²) in [5.41, 5.74) is 2.53. The van der Waals surface area contributed by atoms with Crippen molar-refractivity contribution in [2.24, 2.45) is 5.92 Å². The summed E-state index contributed by atoms with van der Waals surface area (Å²) in [5, 5.41) is 8.83. The molecular weight excluding hydrogens is 188 g/mol. The van der Waals surface area contributed by atoms with Gasteiger partial charge in [0.2, 0.25) is 0 Å². The van der Waals surface area contributed by atoms with Gasteiger partial charge in [-0.1, -0.05) is 36.0 Å². The van der Waals surface area contributed by atoms with E-state index in [4.69, 9.17) is 5.11 Å². The molecule has 0 aliphatic heterocycles. The second-order valence-corrected chi connectivity index (χ2v) is 4.03. The maximum Gasteiger partial charge on any atom is 0.306 e. The first-order valence-corrected chi connectivity index (χ1v) is 5.33.